The topological polar surface area (TPSA) is 100 Å². The maximum atomic E-state index is 12.5. The number of fused-ring (bicyclic) bond motifs is 2. The van der Waals surface area contributed by atoms with Crippen LogP contribution in [0.1, 0.15) is 5.56 Å². The Morgan fingerprint density at radius 2 is 1.41 bits per heavy atom. The maximum absolute atomic E-state index is 12.5. The highest BCUT2D eigenvalue weighted by atomic mass is 32.2. The van der Waals surface area contributed by atoms with Crippen LogP contribution in [0.4, 0.5) is 22.7 Å². The number of rotatable bonds is 7. The van der Waals surface area contributed by atoms with E-state index in [1.807, 2.05) is 84.9 Å². The van der Waals surface area contributed by atoms with Crippen LogP contribution in [-0.4, -0.2) is 25.6 Å². The monoisotopic (exact) mass is 508 g/mol. The smallest absolute Gasteiger partial charge is 0.248 e. The van der Waals surface area contributed by atoms with Crippen molar-refractivity contribution in [1.29, 1.82) is 0 Å². The summed E-state index contributed by atoms with van der Waals surface area (Å²) in [6, 6.07) is 30.1. The van der Waals surface area contributed by atoms with E-state index in [-0.39, 0.29) is 5.91 Å². The fraction of sp³-hybridized carbons (Fsp3) is 0.0345. The highest BCUT2D eigenvalue weighted by molar-refractivity contribution is 7.92. The largest absolute Gasteiger partial charge is 0.354 e. The van der Waals surface area contributed by atoms with Crippen LogP contribution in [-0.2, 0) is 14.8 Å². The number of aromatic nitrogens is 1. The molecule has 37 heavy (non-hydrogen) atoms. The highest BCUT2D eigenvalue weighted by Gasteiger charge is 2.11. The van der Waals surface area contributed by atoms with Gasteiger partial charge in [-0.1, -0.05) is 48.5 Å². The number of hydrogen-bond donors (Lipinski definition) is 3. The lowest BCUT2D eigenvalue weighted by Gasteiger charge is -2.15. The number of nitrogens with one attached hydrogen (secondary N) is 3. The SMILES string of the molecule is CS(=O)(=O)Nc1ccc(Nc2c3ccccc3nc3cc(NC(=O)/C=C/c4ccccc4)ccc23)cc1. The zero-order valence-electron chi connectivity index (χ0n) is 20.0. The molecule has 0 aliphatic carbocycles. The molecule has 0 spiro atoms. The highest BCUT2D eigenvalue weighted by Crippen LogP contribution is 2.34. The van der Waals surface area contributed by atoms with Gasteiger partial charge in [-0.2, -0.15) is 0 Å². The average Bonchev–Trinajstić information content (AvgIpc) is 2.88. The molecule has 5 rings (SSSR count). The lowest BCUT2D eigenvalue weighted by molar-refractivity contribution is -0.111. The quantitative estimate of drug-likeness (QED) is 0.181. The summed E-state index contributed by atoms with van der Waals surface area (Å²) in [6.45, 7) is 0. The minimum absolute atomic E-state index is 0.231. The van der Waals surface area contributed by atoms with Gasteiger partial charge >= 0.3 is 0 Å². The standard InChI is InChI=1S/C29H24N4O3S/c1-37(35,36)33-22-14-12-21(13-15-22)31-29-24-9-5-6-10-26(24)32-27-19-23(16-17-25(27)29)30-28(34)18-11-20-7-3-2-4-8-20/h2-19,33H,1H3,(H,30,34)(H,31,32)/b18-11+. The number of carbonyl (C=O) groups is 1. The van der Waals surface area contributed by atoms with Gasteiger partial charge in [-0.15, -0.1) is 0 Å². The fourth-order valence-corrected chi connectivity index (χ4v) is 4.57. The van der Waals surface area contributed by atoms with Crippen LogP contribution in [0.25, 0.3) is 27.9 Å². The van der Waals surface area contributed by atoms with Gasteiger partial charge in [0.05, 0.1) is 23.0 Å². The molecule has 5 aromatic rings. The first kappa shape index (κ1) is 24.0. The molecule has 0 saturated carbocycles. The van der Waals surface area contributed by atoms with Crippen molar-refractivity contribution in [2.45, 2.75) is 0 Å². The summed E-state index contributed by atoms with van der Waals surface area (Å²) in [4.78, 5) is 17.3. The third-order valence-corrected chi connectivity index (χ3v) is 6.24. The minimum Gasteiger partial charge on any atom is -0.354 e. The van der Waals surface area contributed by atoms with E-state index in [4.69, 9.17) is 4.98 Å². The van der Waals surface area contributed by atoms with Crippen molar-refractivity contribution in [3.8, 4) is 0 Å². The van der Waals surface area contributed by atoms with Crippen LogP contribution < -0.4 is 15.4 Å². The molecule has 0 aliphatic rings. The van der Waals surface area contributed by atoms with Crippen LogP contribution in [0.2, 0.25) is 0 Å². The fourth-order valence-electron chi connectivity index (χ4n) is 4.01. The molecule has 0 unspecified atom stereocenters. The van der Waals surface area contributed by atoms with Crippen LogP contribution in [0, 0.1) is 0 Å². The predicted molar refractivity (Wildman–Crippen MR) is 152 cm³/mol. The molecule has 0 fully saturated rings. The number of pyridine rings is 1. The number of sulfonamides is 1. The van der Waals surface area contributed by atoms with Gasteiger partial charge in [-0.05, 0) is 60.2 Å². The summed E-state index contributed by atoms with van der Waals surface area (Å²) in [7, 11) is -3.35. The molecule has 0 atom stereocenters. The van der Waals surface area contributed by atoms with Gasteiger partial charge in [0.25, 0.3) is 0 Å². The number of carbonyl (C=O) groups excluding carboxylic acids is 1. The molecule has 4 aromatic carbocycles. The summed E-state index contributed by atoms with van der Waals surface area (Å²) >= 11 is 0. The van der Waals surface area contributed by atoms with Crippen molar-refractivity contribution in [1.82, 2.24) is 4.98 Å². The second kappa shape index (κ2) is 10.1. The third kappa shape index (κ3) is 5.94. The van der Waals surface area contributed by atoms with E-state index < -0.39 is 10.0 Å². The maximum Gasteiger partial charge on any atom is 0.248 e. The van der Waals surface area contributed by atoms with Crippen LogP contribution >= 0.6 is 0 Å². The lowest BCUT2D eigenvalue weighted by Crippen LogP contribution is -2.09. The number of hydrogen-bond acceptors (Lipinski definition) is 5. The Kier molecular flexibility index (Phi) is 6.57. The third-order valence-electron chi connectivity index (χ3n) is 5.63. The van der Waals surface area contributed by atoms with E-state index in [1.165, 1.54) is 6.08 Å². The van der Waals surface area contributed by atoms with Crippen molar-refractivity contribution in [2.75, 3.05) is 21.6 Å². The summed E-state index contributed by atoms with van der Waals surface area (Å²) in [5.41, 5.74) is 5.26. The average molecular weight is 509 g/mol. The summed E-state index contributed by atoms with van der Waals surface area (Å²) < 4.78 is 25.5. The van der Waals surface area contributed by atoms with E-state index in [2.05, 4.69) is 15.4 Å². The molecule has 1 heterocycles. The Balaban J connectivity index is 1.45. The normalized spacial score (nSPS) is 11.6. The first-order chi connectivity index (χ1) is 17.8. The van der Waals surface area contributed by atoms with Crippen molar-refractivity contribution in [2.24, 2.45) is 0 Å². The minimum atomic E-state index is -3.35. The van der Waals surface area contributed by atoms with E-state index in [0.717, 1.165) is 45.0 Å². The molecular weight excluding hydrogens is 484 g/mol. The van der Waals surface area contributed by atoms with Gasteiger partial charge in [0, 0.05) is 33.9 Å². The van der Waals surface area contributed by atoms with Gasteiger partial charge in [0.15, 0.2) is 0 Å². The van der Waals surface area contributed by atoms with Gasteiger partial charge in [-0.25, -0.2) is 13.4 Å². The van der Waals surface area contributed by atoms with E-state index in [0.29, 0.717) is 11.4 Å². The summed E-state index contributed by atoms with van der Waals surface area (Å²) in [5, 5.41) is 8.19. The van der Waals surface area contributed by atoms with Crippen molar-refractivity contribution < 1.29 is 13.2 Å². The van der Waals surface area contributed by atoms with Crippen LogP contribution in [0.15, 0.2) is 103 Å². The van der Waals surface area contributed by atoms with Crippen LogP contribution in [0.3, 0.4) is 0 Å². The second-order valence-electron chi connectivity index (χ2n) is 8.55. The van der Waals surface area contributed by atoms with Crippen molar-refractivity contribution in [3.05, 3.63) is 109 Å². The molecule has 8 heteroatoms. The van der Waals surface area contributed by atoms with E-state index >= 15 is 0 Å². The first-order valence-corrected chi connectivity index (χ1v) is 13.4. The first-order valence-electron chi connectivity index (χ1n) is 11.6. The zero-order chi connectivity index (χ0) is 25.8. The molecule has 1 aromatic heterocycles. The predicted octanol–water partition coefficient (Wildman–Crippen LogP) is 6.16. The Morgan fingerprint density at radius 1 is 0.757 bits per heavy atom. The molecule has 184 valence electrons. The molecule has 7 nitrogen and oxygen atoms in total. The molecule has 0 saturated heterocycles. The van der Waals surface area contributed by atoms with Gasteiger partial charge in [0.2, 0.25) is 15.9 Å². The van der Waals surface area contributed by atoms with E-state index in [1.54, 1.807) is 18.2 Å². The van der Waals surface area contributed by atoms with Crippen LogP contribution in [0.5, 0.6) is 0 Å². The number of anilines is 4. The zero-order valence-corrected chi connectivity index (χ0v) is 20.8. The number of nitrogens with zero attached hydrogens (tertiary/aromatic N) is 1. The molecule has 0 bridgehead atoms. The Morgan fingerprint density at radius 3 is 2.16 bits per heavy atom. The Labute approximate surface area is 214 Å². The van der Waals surface area contributed by atoms with Gasteiger partial charge < -0.3 is 10.6 Å². The lowest BCUT2D eigenvalue weighted by atomic mass is 10.1. The second-order valence-corrected chi connectivity index (χ2v) is 10.3. The summed E-state index contributed by atoms with van der Waals surface area (Å²) in [6.07, 6.45) is 4.38. The molecule has 0 aliphatic heterocycles. The Hall–Kier alpha value is -4.69. The molecule has 0 radical (unpaired) electrons. The van der Waals surface area contributed by atoms with Crippen molar-refractivity contribution in [3.63, 3.8) is 0 Å². The Bertz CT molecular complexity index is 1730. The summed E-state index contributed by atoms with van der Waals surface area (Å²) in [5.74, 6) is -0.231. The van der Waals surface area contributed by atoms with Gasteiger partial charge in [0.1, 0.15) is 0 Å². The van der Waals surface area contributed by atoms with E-state index in [9.17, 15) is 13.2 Å². The number of benzene rings is 4. The molecular formula is C29H24N4O3S. The molecule has 1 amide bonds. The van der Waals surface area contributed by atoms with Gasteiger partial charge in [-0.3, -0.25) is 9.52 Å². The molecule has 3 N–H and O–H groups in total. The number of para-hydroxylation sites is 1. The number of amides is 1. The van der Waals surface area contributed by atoms with Crippen molar-refractivity contribution >= 4 is 66.6 Å².